The highest BCUT2D eigenvalue weighted by molar-refractivity contribution is 7.59. The van der Waals surface area contributed by atoms with Crippen LogP contribution in [0.4, 0.5) is 0 Å². The van der Waals surface area contributed by atoms with Gasteiger partial charge in [-0.25, -0.2) is 0 Å². The van der Waals surface area contributed by atoms with E-state index in [9.17, 15) is 4.57 Å². The van der Waals surface area contributed by atoms with Crippen LogP contribution in [0.2, 0.25) is 0 Å². The molecule has 3 nitrogen and oxygen atoms in total. The van der Waals surface area contributed by atoms with E-state index in [1.165, 1.54) is 0 Å². The van der Waals surface area contributed by atoms with Gasteiger partial charge in [-0.2, -0.15) is 0 Å². The zero-order valence-electron chi connectivity index (χ0n) is 11.3. The molecule has 0 aliphatic rings. The smallest absolute Gasteiger partial charge is 0.208 e. The SMILES string of the molecule is CC(C)(C)CNP(C)(=O)NCC(C)(C)C. The van der Waals surface area contributed by atoms with Crippen molar-refractivity contribution in [2.45, 2.75) is 41.5 Å². The highest BCUT2D eigenvalue weighted by Crippen LogP contribution is 2.32. The molecule has 0 saturated carbocycles. The third-order valence-electron chi connectivity index (χ3n) is 1.82. The van der Waals surface area contributed by atoms with Crippen LogP contribution >= 0.6 is 7.44 Å². The average molecular weight is 234 g/mol. The average Bonchev–Trinajstić information content (AvgIpc) is 1.96. The molecule has 0 saturated heterocycles. The summed E-state index contributed by atoms with van der Waals surface area (Å²) in [6.07, 6.45) is 0. The normalized spacial score (nSPS) is 14.3. The highest BCUT2D eigenvalue weighted by Gasteiger charge is 2.20. The van der Waals surface area contributed by atoms with E-state index in [1.807, 2.05) is 0 Å². The van der Waals surface area contributed by atoms with Gasteiger partial charge < -0.3 is 0 Å². The zero-order chi connectivity index (χ0) is 12.3. The van der Waals surface area contributed by atoms with E-state index in [-0.39, 0.29) is 10.8 Å². The molecule has 15 heavy (non-hydrogen) atoms. The molecule has 0 rings (SSSR count). The summed E-state index contributed by atoms with van der Waals surface area (Å²) in [7, 11) is -2.39. The largest absolute Gasteiger partial charge is 0.290 e. The summed E-state index contributed by atoms with van der Waals surface area (Å²) >= 11 is 0. The van der Waals surface area contributed by atoms with Gasteiger partial charge in [-0.05, 0) is 10.8 Å². The molecule has 0 radical (unpaired) electrons. The van der Waals surface area contributed by atoms with Gasteiger partial charge in [0.2, 0.25) is 7.44 Å². The topological polar surface area (TPSA) is 41.1 Å². The maximum atomic E-state index is 12.1. The molecule has 0 unspecified atom stereocenters. The minimum Gasteiger partial charge on any atom is -0.290 e. The lowest BCUT2D eigenvalue weighted by Crippen LogP contribution is -2.33. The third kappa shape index (κ3) is 10.4. The van der Waals surface area contributed by atoms with Crippen molar-refractivity contribution >= 4 is 7.44 Å². The summed E-state index contributed by atoms with van der Waals surface area (Å²) in [5, 5.41) is 6.23. The maximum Gasteiger partial charge on any atom is 0.208 e. The minimum absolute atomic E-state index is 0.162. The molecule has 0 heterocycles. The van der Waals surface area contributed by atoms with Crippen LogP contribution in [-0.4, -0.2) is 19.8 Å². The molecule has 92 valence electrons. The Kier molecular flexibility index (Phi) is 5.04. The van der Waals surface area contributed by atoms with E-state index in [4.69, 9.17) is 0 Å². The fourth-order valence-electron chi connectivity index (χ4n) is 0.832. The predicted molar refractivity (Wildman–Crippen MR) is 68.4 cm³/mol. The Balaban J connectivity index is 4.04. The van der Waals surface area contributed by atoms with Gasteiger partial charge in [0.25, 0.3) is 0 Å². The van der Waals surface area contributed by atoms with Gasteiger partial charge >= 0.3 is 0 Å². The lowest BCUT2D eigenvalue weighted by atomic mass is 9.98. The first kappa shape index (κ1) is 15.2. The van der Waals surface area contributed by atoms with Crippen LogP contribution < -0.4 is 10.2 Å². The van der Waals surface area contributed by atoms with E-state index in [0.29, 0.717) is 0 Å². The first-order valence-corrected chi connectivity index (χ1v) is 7.65. The molecular formula is C11H27N2OP. The molecule has 0 aliphatic heterocycles. The quantitative estimate of drug-likeness (QED) is 0.734. The van der Waals surface area contributed by atoms with Gasteiger partial charge in [0.15, 0.2) is 0 Å². The van der Waals surface area contributed by atoms with Crippen LogP contribution in [0.25, 0.3) is 0 Å². The Morgan fingerprint density at radius 3 is 1.33 bits per heavy atom. The zero-order valence-corrected chi connectivity index (χ0v) is 12.2. The van der Waals surface area contributed by atoms with Crippen LogP contribution in [0.5, 0.6) is 0 Å². The van der Waals surface area contributed by atoms with Gasteiger partial charge in [-0.3, -0.25) is 14.7 Å². The number of hydrogen-bond acceptors (Lipinski definition) is 1. The van der Waals surface area contributed by atoms with Crippen molar-refractivity contribution in [2.24, 2.45) is 10.8 Å². The molecule has 0 aromatic rings. The molecule has 0 amide bonds. The van der Waals surface area contributed by atoms with Crippen LogP contribution in [0.1, 0.15) is 41.5 Å². The van der Waals surface area contributed by atoms with Crippen LogP contribution in [0.15, 0.2) is 0 Å². The van der Waals surface area contributed by atoms with Crippen LogP contribution in [0.3, 0.4) is 0 Å². The molecule has 0 aliphatic carbocycles. The van der Waals surface area contributed by atoms with Crippen molar-refractivity contribution in [3.63, 3.8) is 0 Å². The van der Waals surface area contributed by atoms with E-state index < -0.39 is 7.44 Å². The van der Waals surface area contributed by atoms with Crippen LogP contribution in [-0.2, 0) is 4.57 Å². The molecule has 0 aromatic carbocycles. The minimum atomic E-state index is -2.39. The third-order valence-corrected chi connectivity index (χ3v) is 3.35. The fourth-order valence-corrected chi connectivity index (χ4v) is 2.50. The fraction of sp³-hybridized carbons (Fsp3) is 1.00. The van der Waals surface area contributed by atoms with Crippen molar-refractivity contribution in [1.82, 2.24) is 10.2 Å². The van der Waals surface area contributed by atoms with Crippen molar-refractivity contribution in [3.8, 4) is 0 Å². The summed E-state index contributed by atoms with van der Waals surface area (Å²) in [6, 6.07) is 0. The van der Waals surface area contributed by atoms with Crippen molar-refractivity contribution in [3.05, 3.63) is 0 Å². The number of rotatable bonds is 4. The van der Waals surface area contributed by atoms with Gasteiger partial charge in [0, 0.05) is 19.8 Å². The first-order valence-electron chi connectivity index (χ1n) is 5.49. The second-order valence-electron chi connectivity index (χ2n) is 6.72. The predicted octanol–water partition coefficient (Wildman–Crippen LogP) is 3.08. The Bertz CT molecular complexity index is 216. The monoisotopic (exact) mass is 234 g/mol. The van der Waals surface area contributed by atoms with Crippen molar-refractivity contribution in [2.75, 3.05) is 19.8 Å². The van der Waals surface area contributed by atoms with E-state index in [1.54, 1.807) is 6.66 Å². The standard InChI is InChI=1S/C11H27N2OP/c1-10(2,3)8-12-15(7,14)13-9-11(4,5)6/h8-9H2,1-7H3,(H2,12,13,14). The molecule has 0 spiro atoms. The van der Waals surface area contributed by atoms with Crippen LogP contribution in [0, 0.1) is 10.8 Å². The lowest BCUT2D eigenvalue weighted by molar-refractivity contribution is 0.392. The summed E-state index contributed by atoms with van der Waals surface area (Å²) < 4.78 is 12.1. The molecule has 0 fully saturated rings. The molecule has 0 aromatic heterocycles. The molecule has 0 bridgehead atoms. The second-order valence-corrected chi connectivity index (χ2v) is 9.20. The van der Waals surface area contributed by atoms with E-state index in [2.05, 4.69) is 51.7 Å². The Morgan fingerprint density at radius 2 is 1.13 bits per heavy atom. The van der Waals surface area contributed by atoms with Gasteiger partial charge in [-0.1, -0.05) is 41.5 Å². The second kappa shape index (κ2) is 4.99. The number of hydrogen-bond donors (Lipinski definition) is 2. The summed E-state index contributed by atoms with van der Waals surface area (Å²) in [4.78, 5) is 0. The van der Waals surface area contributed by atoms with Gasteiger partial charge in [0.1, 0.15) is 0 Å². The molecular weight excluding hydrogens is 207 g/mol. The van der Waals surface area contributed by atoms with E-state index >= 15 is 0 Å². The van der Waals surface area contributed by atoms with Gasteiger partial charge in [0.05, 0.1) is 0 Å². The Labute approximate surface area is 94.9 Å². The lowest BCUT2D eigenvalue weighted by Gasteiger charge is -2.26. The summed E-state index contributed by atoms with van der Waals surface area (Å²) in [6.45, 7) is 16.1. The molecule has 2 N–H and O–H groups in total. The Morgan fingerprint density at radius 1 is 0.867 bits per heavy atom. The highest BCUT2D eigenvalue weighted by atomic mass is 31.2. The number of nitrogens with one attached hydrogen (secondary N) is 2. The van der Waals surface area contributed by atoms with E-state index in [0.717, 1.165) is 13.1 Å². The summed E-state index contributed by atoms with van der Waals surface area (Å²) in [5.41, 5.74) is 0.324. The summed E-state index contributed by atoms with van der Waals surface area (Å²) in [5.74, 6) is 0. The first-order chi connectivity index (χ1) is 6.41. The van der Waals surface area contributed by atoms with Crippen molar-refractivity contribution < 1.29 is 4.57 Å². The maximum absolute atomic E-state index is 12.1. The Hall–Kier alpha value is 0.150. The van der Waals surface area contributed by atoms with Crippen molar-refractivity contribution in [1.29, 1.82) is 0 Å². The van der Waals surface area contributed by atoms with Gasteiger partial charge in [-0.15, -0.1) is 0 Å². The molecule has 4 heteroatoms. The molecule has 0 atom stereocenters.